The summed E-state index contributed by atoms with van der Waals surface area (Å²) in [5, 5.41) is 3.09. The maximum atomic E-state index is 12.9. The smallest absolute Gasteiger partial charge is 0.251 e. The number of nitrogens with one attached hydrogen (secondary N) is 1. The number of sulfonamides is 1. The molecule has 1 amide bonds. The Labute approximate surface area is 202 Å². The number of benzene rings is 3. The summed E-state index contributed by atoms with van der Waals surface area (Å²) in [5.41, 5.74) is 4.95. The van der Waals surface area contributed by atoms with Crippen LogP contribution in [0.4, 0.5) is 5.69 Å². The Hall–Kier alpha value is -3.32. The number of anilines is 1. The average molecular weight is 481 g/mol. The number of amides is 1. The summed E-state index contributed by atoms with van der Waals surface area (Å²) in [6.07, 6.45) is 1.94. The van der Waals surface area contributed by atoms with Crippen LogP contribution in [-0.2, 0) is 16.6 Å². The van der Waals surface area contributed by atoms with Gasteiger partial charge in [0.05, 0.1) is 31.6 Å². The zero-order chi connectivity index (χ0) is 24.9. The minimum atomic E-state index is -3.47. The summed E-state index contributed by atoms with van der Waals surface area (Å²) in [6, 6.07) is 20.2. The van der Waals surface area contributed by atoms with Crippen molar-refractivity contribution in [1.29, 1.82) is 0 Å². The van der Waals surface area contributed by atoms with Gasteiger partial charge in [-0.2, -0.15) is 0 Å². The molecule has 0 aromatic heterocycles. The molecular weight excluding hydrogens is 448 g/mol. The van der Waals surface area contributed by atoms with Crippen LogP contribution >= 0.6 is 0 Å². The van der Waals surface area contributed by atoms with Crippen LogP contribution in [0.1, 0.15) is 52.0 Å². The molecule has 7 heteroatoms. The molecule has 0 fully saturated rings. The van der Waals surface area contributed by atoms with Gasteiger partial charge in [0.2, 0.25) is 10.0 Å². The molecular formula is C27H32N2O4S. The van der Waals surface area contributed by atoms with Crippen LogP contribution in [0.5, 0.6) is 5.75 Å². The molecule has 180 valence electrons. The number of hydrogen-bond acceptors (Lipinski definition) is 4. The first-order valence-corrected chi connectivity index (χ1v) is 13.1. The topological polar surface area (TPSA) is 75.7 Å². The third-order valence-electron chi connectivity index (χ3n) is 5.77. The molecule has 0 aliphatic heterocycles. The van der Waals surface area contributed by atoms with E-state index in [0.29, 0.717) is 11.3 Å². The summed E-state index contributed by atoms with van der Waals surface area (Å²) < 4.78 is 31.6. The first kappa shape index (κ1) is 25.3. The van der Waals surface area contributed by atoms with Gasteiger partial charge in [0.25, 0.3) is 5.91 Å². The van der Waals surface area contributed by atoms with Crippen molar-refractivity contribution in [2.24, 2.45) is 0 Å². The normalized spacial score (nSPS) is 12.1. The second kappa shape index (κ2) is 10.7. The maximum absolute atomic E-state index is 12.9. The van der Waals surface area contributed by atoms with Gasteiger partial charge in [-0.1, -0.05) is 43.3 Å². The van der Waals surface area contributed by atoms with Crippen LogP contribution in [0.15, 0.2) is 66.7 Å². The van der Waals surface area contributed by atoms with Crippen molar-refractivity contribution in [1.82, 2.24) is 5.32 Å². The number of carbonyl (C=O) groups excluding carboxylic acids is 1. The maximum Gasteiger partial charge on any atom is 0.251 e. The molecule has 3 aromatic carbocycles. The van der Waals surface area contributed by atoms with Crippen LogP contribution in [0.2, 0.25) is 0 Å². The van der Waals surface area contributed by atoms with Gasteiger partial charge in [-0.15, -0.1) is 0 Å². The number of hydrogen-bond donors (Lipinski definition) is 1. The Morgan fingerprint density at radius 3 is 2.29 bits per heavy atom. The fourth-order valence-corrected chi connectivity index (χ4v) is 4.77. The van der Waals surface area contributed by atoms with E-state index in [0.717, 1.165) is 34.4 Å². The largest absolute Gasteiger partial charge is 0.496 e. The van der Waals surface area contributed by atoms with Gasteiger partial charge in [-0.25, -0.2) is 8.42 Å². The molecule has 0 saturated heterocycles. The molecule has 0 saturated carbocycles. The van der Waals surface area contributed by atoms with Crippen molar-refractivity contribution in [3.8, 4) is 5.75 Å². The van der Waals surface area contributed by atoms with E-state index in [9.17, 15) is 13.2 Å². The molecule has 3 aromatic rings. The number of methoxy groups -OCH3 is 1. The van der Waals surface area contributed by atoms with Crippen LogP contribution in [0.3, 0.4) is 0 Å². The van der Waals surface area contributed by atoms with Gasteiger partial charge in [0.1, 0.15) is 5.75 Å². The highest BCUT2D eigenvalue weighted by molar-refractivity contribution is 7.92. The highest BCUT2D eigenvalue weighted by Gasteiger charge is 2.19. The van der Waals surface area contributed by atoms with Crippen LogP contribution in [-0.4, -0.2) is 27.7 Å². The van der Waals surface area contributed by atoms with Gasteiger partial charge >= 0.3 is 0 Å². The molecule has 1 N–H and O–H groups in total. The van der Waals surface area contributed by atoms with E-state index in [2.05, 4.69) is 5.32 Å². The van der Waals surface area contributed by atoms with E-state index in [1.807, 2.05) is 57.2 Å². The van der Waals surface area contributed by atoms with Gasteiger partial charge in [0.15, 0.2) is 0 Å². The number of ether oxygens (including phenoxy) is 1. The predicted molar refractivity (Wildman–Crippen MR) is 137 cm³/mol. The summed E-state index contributed by atoms with van der Waals surface area (Å²) in [6.45, 7) is 6.12. The summed E-state index contributed by atoms with van der Waals surface area (Å²) in [5.74, 6) is 0.639. The van der Waals surface area contributed by atoms with Crippen molar-refractivity contribution in [3.63, 3.8) is 0 Å². The molecule has 34 heavy (non-hydrogen) atoms. The van der Waals surface area contributed by atoms with Crippen LogP contribution < -0.4 is 14.4 Å². The van der Waals surface area contributed by atoms with Crippen molar-refractivity contribution in [2.45, 2.75) is 39.8 Å². The van der Waals surface area contributed by atoms with Crippen LogP contribution in [0.25, 0.3) is 0 Å². The highest BCUT2D eigenvalue weighted by Crippen LogP contribution is 2.25. The fraction of sp³-hybridized carbons (Fsp3) is 0.296. The van der Waals surface area contributed by atoms with E-state index in [4.69, 9.17) is 4.74 Å². The van der Waals surface area contributed by atoms with Crippen molar-refractivity contribution >= 4 is 21.6 Å². The van der Waals surface area contributed by atoms with Crippen molar-refractivity contribution in [3.05, 3.63) is 94.5 Å². The highest BCUT2D eigenvalue weighted by atomic mass is 32.2. The van der Waals surface area contributed by atoms with E-state index in [1.54, 1.807) is 37.4 Å². The standard InChI is InChI=1S/C27H32N2O4S/c1-6-25(23-14-15-26(33-4)20(3)17-23)28-27(30)22-12-10-21(11-13-22)18-29(34(5,31)32)24-9-7-8-19(2)16-24/h7-17,25H,6,18H2,1-5H3,(H,28,30)/t25-/m0/s1. The quantitative estimate of drug-likeness (QED) is 0.459. The molecule has 0 spiro atoms. The van der Waals surface area contributed by atoms with E-state index >= 15 is 0 Å². The van der Waals surface area contributed by atoms with Gasteiger partial charge in [0, 0.05) is 5.56 Å². The molecule has 6 nitrogen and oxygen atoms in total. The Morgan fingerprint density at radius 2 is 1.74 bits per heavy atom. The van der Waals surface area contributed by atoms with Crippen molar-refractivity contribution < 1.29 is 17.9 Å². The lowest BCUT2D eigenvalue weighted by Gasteiger charge is -2.23. The molecule has 3 rings (SSSR count). The third kappa shape index (κ3) is 6.17. The summed E-state index contributed by atoms with van der Waals surface area (Å²) >= 11 is 0. The summed E-state index contributed by atoms with van der Waals surface area (Å²) in [4.78, 5) is 12.9. The first-order valence-electron chi connectivity index (χ1n) is 11.2. The molecule has 0 aliphatic carbocycles. The first-order chi connectivity index (χ1) is 16.1. The molecule has 1 atom stereocenters. The third-order valence-corrected chi connectivity index (χ3v) is 6.91. The predicted octanol–water partition coefficient (Wildman–Crippen LogP) is 5.16. The monoisotopic (exact) mass is 480 g/mol. The Bertz CT molecular complexity index is 1250. The fourth-order valence-electron chi connectivity index (χ4n) is 3.89. The SMILES string of the molecule is CC[C@H](NC(=O)c1ccc(CN(c2cccc(C)c2)S(C)(=O)=O)cc1)c1ccc(OC)c(C)c1. The Kier molecular flexibility index (Phi) is 7.99. The Morgan fingerprint density at radius 1 is 1.03 bits per heavy atom. The number of rotatable bonds is 9. The molecule has 0 aliphatic rings. The van der Waals surface area contributed by atoms with Gasteiger partial charge in [-0.3, -0.25) is 9.10 Å². The van der Waals surface area contributed by atoms with Crippen LogP contribution in [0, 0.1) is 13.8 Å². The molecule has 0 radical (unpaired) electrons. The van der Waals surface area contributed by atoms with E-state index in [-0.39, 0.29) is 18.5 Å². The zero-order valence-corrected chi connectivity index (χ0v) is 21.1. The lowest BCUT2D eigenvalue weighted by Crippen LogP contribution is -2.29. The van der Waals surface area contributed by atoms with E-state index < -0.39 is 10.0 Å². The van der Waals surface area contributed by atoms with Gasteiger partial charge < -0.3 is 10.1 Å². The number of aryl methyl sites for hydroxylation is 2. The molecule has 0 bridgehead atoms. The zero-order valence-electron chi connectivity index (χ0n) is 20.3. The lowest BCUT2D eigenvalue weighted by atomic mass is 10.0. The second-order valence-electron chi connectivity index (χ2n) is 8.47. The van der Waals surface area contributed by atoms with Gasteiger partial charge in [-0.05, 0) is 72.9 Å². The molecule has 0 unspecified atom stereocenters. The average Bonchev–Trinajstić information content (AvgIpc) is 2.80. The second-order valence-corrected chi connectivity index (χ2v) is 10.4. The minimum Gasteiger partial charge on any atom is -0.496 e. The minimum absolute atomic E-state index is 0.126. The number of carbonyl (C=O) groups is 1. The summed E-state index contributed by atoms with van der Waals surface area (Å²) in [7, 11) is -1.83. The lowest BCUT2D eigenvalue weighted by molar-refractivity contribution is 0.0935. The number of nitrogens with zero attached hydrogens (tertiary/aromatic N) is 1. The van der Waals surface area contributed by atoms with Crippen molar-refractivity contribution in [2.75, 3.05) is 17.7 Å². The van der Waals surface area contributed by atoms with E-state index in [1.165, 1.54) is 10.6 Å². The Balaban J connectivity index is 1.75. The molecule has 0 heterocycles.